The molecule has 3 heteroatoms. The zero-order chi connectivity index (χ0) is 11.7. The van der Waals surface area contributed by atoms with Gasteiger partial charge in [-0.05, 0) is 38.1 Å². The van der Waals surface area contributed by atoms with E-state index in [0.717, 1.165) is 31.7 Å². The van der Waals surface area contributed by atoms with Crippen molar-refractivity contribution in [1.29, 1.82) is 0 Å². The first-order valence-corrected chi connectivity index (χ1v) is 6.05. The van der Waals surface area contributed by atoms with Crippen LogP contribution in [0, 0.1) is 11.8 Å². The summed E-state index contributed by atoms with van der Waals surface area (Å²) in [5.74, 6) is 0.997. The van der Waals surface area contributed by atoms with Gasteiger partial charge in [-0.15, -0.1) is 0 Å². The van der Waals surface area contributed by atoms with E-state index in [2.05, 4.69) is 19.2 Å². The smallest absolute Gasteiger partial charge is 0.222 e. The summed E-state index contributed by atoms with van der Waals surface area (Å²) in [7, 11) is 0. The summed E-state index contributed by atoms with van der Waals surface area (Å²) in [6, 6.07) is 0. The van der Waals surface area contributed by atoms with E-state index in [4.69, 9.17) is 5.73 Å². The predicted molar refractivity (Wildman–Crippen MR) is 64.5 cm³/mol. The molecule has 0 rings (SSSR count). The molecule has 0 aromatic carbocycles. The van der Waals surface area contributed by atoms with E-state index in [1.807, 2.05) is 6.92 Å². The van der Waals surface area contributed by atoms with Gasteiger partial charge in [0.25, 0.3) is 0 Å². The Balaban J connectivity index is 3.47. The number of nitrogens with two attached hydrogens (primary N) is 1. The molecule has 3 N–H and O–H groups in total. The molecule has 0 saturated heterocycles. The molecule has 0 radical (unpaired) electrons. The summed E-state index contributed by atoms with van der Waals surface area (Å²) in [5.41, 5.74) is 5.40. The minimum absolute atomic E-state index is 0.104. The van der Waals surface area contributed by atoms with Crippen LogP contribution in [-0.4, -0.2) is 19.0 Å². The lowest BCUT2D eigenvalue weighted by Crippen LogP contribution is -2.30. The highest BCUT2D eigenvalue weighted by Crippen LogP contribution is 2.05. The highest BCUT2D eigenvalue weighted by atomic mass is 16.1. The Morgan fingerprint density at radius 3 is 2.40 bits per heavy atom. The van der Waals surface area contributed by atoms with Gasteiger partial charge < -0.3 is 11.1 Å². The minimum Gasteiger partial charge on any atom is -0.356 e. The van der Waals surface area contributed by atoms with Crippen molar-refractivity contribution >= 4 is 5.91 Å². The van der Waals surface area contributed by atoms with Crippen LogP contribution in [0.25, 0.3) is 0 Å². The van der Waals surface area contributed by atoms with Crippen molar-refractivity contribution in [2.45, 2.75) is 46.5 Å². The molecule has 0 aromatic heterocycles. The van der Waals surface area contributed by atoms with E-state index in [0.29, 0.717) is 6.54 Å². The first kappa shape index (κ1) is 14.4. The average molecular weight is 214 g/mol. The second-order valence-corrected chi connectivity index (χ2v) is 4.66. The van der Waals surface area contributed by atoms with Crippen LogP contribution >= 0.6 is 0 Å². The fourth-order valence-corrected chi connectivity index (χ4v) is 1.45. The van der Waals surface area contributed by atoms with Crippen LogP contribution < -0.4 is 11.1 Å². The Labute approximate surface area is 93.8 Å². The fourth-order valence-electron chi connectivity index (χ4n) is 1.45. The average Bonchev–Trinajstić information content (AvgIpc) is 2.20. The van der Waals surface area contributed by atoms with Gasteiger partial charge in [0.2, 0.25) is 5.91 Å². The molecule has 90 valence electrons. The van der Waals surface area contributed by atoms with Gasteiger partial charge in [-0.3, -0.25) is 4.79 Å². The van der Waals surface area contributed by atoms with Crippen molar-refractivity contribution in [2.75, 3.05) is 13.1 Å². The van der Waals surface area contributed by atoms with Gasteiger partial charge >= 0.3 is 0 Å². The van der Waals surface area contributed by atoms with Crippen molar-refractivity contribution in [3.63, 3.8) is 0 Å². The summed E-state index contributed by atoms with van der Waals surface area (Å²) < 4.78 is 0. The van der Waals surface area contributed by atoms with Crippen molar-refractivity contribution < 1.29 is 4.79 Å². The van der Waals surface area contributed by atoms with E-state index in [9.17, 15) is 4.79 Å². The minimum atomic E-state index is 0.104. The van der Waals surface area contributed by atoms with Crippen LogP contribution in [0.5, 0.6) is 0 Å². The van der Waals surface area contributed by atoms with Gasteiger partial charge in [-0.1, -0.05) is 20.8 Å². The van der Waals surface area contributed by atoms with Crippen molar-refractivity contribution in [3.05, 3.63) is 0 Å². The predicted octanol–water partition coefficient (Wildman–Crippen LogP) is 1.91. The van der Waals surface area contributed by atoms with Gasteiger partial charge in [0.1, 0.15) is 0 Å². The Kier molecular flexibility index (Phi) is 8.38. The molecule has 3 nitrogen and oxygen atoms in total. The van der Waals surface area contributed by atoms with Crippen LogP contribution in [0.4, 0.5) is 0 Å². The lowest BCUT2D eigenvalue weighted by Gasteiger charge is -2.12. The maximum atomic E-state index is 11.5. The molecule has 1 atom stereocenters. The lowest BCUT2D eigenvalue weighted by atomic mass is 10.0. The number of hydrogen-bond donors (Lipinski definition) is 2. The topological polar surface area (TPSA) is 55.1 Å². The molecule has 0 aliphatic heterocycles. The molecular weight excluding hydrogens is 188 g/mol. The van der Waals surface area contributed by atoms with Crippen molar-refractivity contribution in [3.8, 4) is 0 Å². The molecule has 0 bridgehead atoms. The Hall–Kier alpha value is -0.570. The summed E-state index contributed by atoms with van der Waals surface area (Å²) in [5, 5.41) is 2.97. The van der Waals surface area contributed by atoms with Crippen LogP contribution in [0.2, 0.25) is 0 Å². The molecule has 0 aromatic rings. The standard InChI is InChI=1S/C12H26N2O/c1-10(2)6-5-9-14-12(15)11(3)7-4-8-13/h10-11H,4-9,13H2,1-3H3,(H,14,15). The van der Waals surface area contributed by atoms with Gasteiger partial charge in [0.05, 0.1) is 0 Å². The number of nitrogens with one attached hydrogen (secondary N) is 1. The number of amides is 1. The summed E-state index contributed by atoms with van der Waals surface area (Å²) >= 11 is 0. The first-order chi connectivity index (χ1) is 7.07. The normalized spacial score (nSPS) is 12.9. The van der Waals surface area contributed by atoms with Gasteiger partial charge in [0, 0.05) is 12.5 Å². The van der Waals surface area contributed by atoms with Gasteiger partial charge in [-0.25, -0.2) is 0 Å². The summed E-state index contributed by atoms with van der Waals surface area (Å²) in [6.45, 7) is 7.85. The molecule has 0 saturated carbocycles. The number of carbonyl (C=O) groups excluding carboxylic acids is 1. The number of rotatable bonds is 8. The molecule has 0 heterocycles. The van der Waals surface area contributed by atoms with Crippen LogP contribution in [0.15, 0.2) is 0 Å². The maximum absolute atomic E-state index is 11.5. The summed E-state index contributed by atoms with van der Waals surface area (Å²) in [6.07, 6.45) is 4.08. The highest BCUT2D eigenvalue weighted by molar-refractivity contribution is 5.78. The van der Waals surface area contributed by atoms with Crippen LogP contribution in [-0.2, 0) is 4.79 Å². The van der Waals surface area contributed by atoms with E-state index in [1.54, 1.807) is 0 Å². The molecule has 15 heavy (non-hydrogen) atoms. The van der Waals surface area contributed by atoms with Crippen LogP contribution in [0.1, 0.15) is 46.5 Å². The molecule has 0 aliphatic rings. The molecule has 0 aliphatic carbocycles. The van der Waals surface area contributed by atoms with Gasteiger partial charge in [-0.2, -0.15) is 0 Å². The number of carbonyl (C=O) groups is 1. The third-order valence-corrected chi connectivity index (χ3v) is 2.55. The van der Waals surface area contributed by atoms with Crippen LogP contribution in [0.3, 0.4) is 0 Å². The SMILES string of the molecule is CC(C)CCCNC(=O)C(C)CCCN. The molecular formula is C12H26N2O. The fraction of sp³-hybridized carbons (Fsp3) is 0.917. The zero-order valence-electron chi connectivity index (χ0n) is 10.4. The Bertz CT molecular complexity index is 169. The van der Waals surface area contributed by atoms with E-state index in [-0.39, 0.29) is 11.8 Å². The molecule has 1 unspecified atom stereocenters. The van der Waals surface area contributed by atoms with Crippen molar-refractivity contribution in [1.82, 2.24) is 5.32 Å². The lowest BCUT2D eigenvalue weighted by molar-refractivity contribution is -0.124. The van der Waals surface area contributed by atoms with Gasteiger partial charge in [0.15, 0.2) is 0 Å². The van der Waals surface area contributed by atoms with E-state index in [1.165, 1.54) is 6.42 Å². The summed E-state index contributed by atoms with van der Waals surface area (Å²) in [4.78, 5) is 11.5. The molecule has 1 amide bonds. The Morgan fingerprint density at radius 1 is 1.20 bits per heavy atom. The van der Waals surface area contributed by atoms with Crippen molar-refractivity contribution in [2.24, 2.45) is 17.6 Å². The molecule has 0 fully saturated rings. The quantitative estimate of drug-likeness (QED) is 0.606. The Morgan fingerprint density at radius 2 is 1.87 bits per heavy atom. The maximum Gasteiger partial charge on any atom is 0.222 e. The van der Waals surface area contributed by atoms with E-state index < -0.39 is 0 Å². The van der Waals surface area contributed by atoms with E-state index >= 15 is 0 Å². The third-order valence-electron chi connectivity index (χ3n) is 2.55. The second kappa shape index (κ2) is 8.72. The second-order valence-electron chi connectivity index (χ2n) is 4.66. The monoisotopic (exact) mass is 214 g/mol. The zero-order valence-corrected chi connectivity index (χ0v) is 10.4. The first-order valence-electron chi connectivity index (χ1n) is 6.05. The number of hydrogen-bond acceptors (Lipinski definition) is 2. The molecule has 0 spiro atoms. The largest absolute Gasteiger partial charge is 0.356 e. The highest BCUT2D eigenvalue weighted by Gasteiger charge is 2.10. The third kappa shape index (κ3) is 8.43.